The zero-order chi connectivity index (χ0) is 44.8. The van der Waals surface area contributed by atoms with Gasteiger partial charge in [0.1, 0.15) is 5.65 Å². The van der Waals surface area contributed by atoms with Crippen LogP contribution in [0.5, 0.6) is 0 Å². The Morgan fingerprint density at radius 3 is 1.78 bits per heavy atom. The molecule has 0 bridgehead atoms. The summed E-state index contributed by atoms with van der Waals surface area (Å²) < 4.78 is 7.48. The van der Waals surface area contributed by atoms with E-state index in [0.29, 0.717) is 0 Å². The number of nitrogens with zero attached hydrogens (tertiary/aromatic N) is 4. The Kier molecular flexibility index (Phi) is 6.94. The summed E-state index contributed by atoms with van der Waals surface area (Å²) in [6, 6.07) is 64.0. The summed E-state index contributed by atoms with van der Waals surface area (Å²) in [4.78, 5) is 5.93. The lowest BCUT2D eigenvalue weighted by atomic mass is 9.83. The van der Waals surface area contributed by atoms with Crippen LogP contribution in [0.2, 0.25) is 0 Å². The van der Waals surface area contributed by atoms with Crippen LogP contribution >= 0.6 is 0 Å². The number of aromatic nitrogens is 4. The monoisotopic (exact) mass is 858 g/mol. The van der Waals surface area contributed by atoms with Gasteiger partial charge < -0.3 is 8.97 Å². The van der Waals surface area contributed by atoms with Gasteiger partial charge in [-0.05, 0) is 122 Å². The molecule has 0 atom stereocenters. The summed E-state index contributed by atoms with van der Waals surface area (Å²) in [5.41, 5.74) is 16.7. The van der Waals surface area contributed by atoms with Crippen molar-refractivity contribution in [2.45, 2.75) is 52.4 Å². The van der Waals surface area contributed by atoms with Crippen molar-refractivity contribution in [3.8, 4) is 16.8 Å². The standard InChI is InChI=1S/C63H46N4/c1-62(2,3)38-30-44(37-25-26-52-45(28-37)43-22-14-15-23-51(43)65(52)40-18-8-7-9-19-40)58-46(31-38)47-32-39(63(4,5)6)33-50-57-54(66(58)59(47)50)34-49-56-42-21-13-11-17-36(42)29-48-55-41-20-12-10-16-35(41)24-27-53(55)67(60(48)56)61(49)64-57/h7-34H,1-6H3. The lowest BCUT2D eigenvalue weighted by molar-refractivity contribution is 0.591. The Morgan fingerprint density at radius 2 is 1.00 bits per heavy atom. The van der Waals surface area contributed by atoms with Crippen molar-refractivity contribution in [1.82, 2.24) is 18.4 Å². The van der Waals surface area contributed by atoms with Crippen LogP contribution in [-0.4, -0.2) is 18.4 Å². The smallest absolute Gasteiger partial charge is 0.146 e. The predicted octanol–water partition coefficient (Wildman–Crippen LogP) is 17.0. The minimum absolute atomic E-state index is 0.0824. The number of para-hydroxylation sites is 2. The van der Waals surface area contributed by atoms with E-state index in [1.807, 2.05) is 0 Å². The van der Waals surface area contributed by atoms with E-state index >= 15 is 0 Å². The fourth-order valence-electron chi connectivity index (χ4n) is 12.1. The molecule has 0 N–H and O–H groups in total. The van der Waals surface area contributed by atoms with Crippen molar-refractivity contribution in [2.75, 3.05) is 0 Å². The maximum Gasteiger partial charge on any atom is 0.146 e. The number of fused-ring (bicyclic) bond motifs is 19. The van der Waals surface area contributed by atoms with Gasteiger partial charge in [-0.3, -0.25) is 4.40 Å². The molecule has 0 aliphatic rings. The van der Waals surface area contributed by atoms with E-state index in [9.17, 15) is 0 Å². The third-order valence-corrected chi connectivity index (χ3v) is 15.3. The number of rotatable bonds is 2. The molecule has 0 saturated heterocycles. The molecule has 0 spiro atoms. The van der Waals surface area contributed by atoms with E-state index < -0.39 is 0 Å². The fraction of sp³-hybridized carbons (Fsp3) is 0.127. The first-order valence-electron chi connectivity index (χ1n) is 23.7. The SMILES string of the molecule is CC(C)(C)c1cc(-c2ccc3c(c2)c2ccccc2n3-c2ccccc2)c2c(c1)c1cc(C(C)(C)C)cc3c4nc5c(cc4n2c13)c1c2ccccc2cc2c3c4ccccc4ccc3n5c21. The summed E-state index contributed by atoms with van der Waals surface area (Å²) in [5, 5.41) is 16.4. The van der Waals surface area contributed by atoms with Crippen LogP contribution in [0.25, 0.3) is 137 Å². The lowest BCUT2D eigenvalue weighted by Gasteiger charge is -2.22. The molecule has 15 aromatic rings. The van der Waals surface area contributed by atoms with E-state index in [0.717, 1.165) is 16.7 Å². The third kappa shape index (κ3) is 4.79. The van der Waals surface area contributed by atoms with Crippen LogP contribution < -0.4 is 0 Å². The zero-order valence-electron chi connectivity index (χ0n) is 38.5. The predicted molar refractivity (Wildman–Crippen MR) is 286 cm³/mol. The van der Waals surface area contributed by atoms with Crippen molar-refractivity contribution in [1.29, 1.82) is 0 Å². The van der Waals surface area contributed by atoms with Crippen LogP contribution in [0.4, 0.5) is 0 Å². The molecule has 4 heteroatoms. The summed E-state index contributed by atoms with van der Waals surface area (Å²) in [6.07, 6.45) is 0. The molecule has 0 fully saturated rings. The molecule has 0 unspecified atom stereocenters. The van der Waals surface area contributed by atoms with Gasteiger partial charge in [-0.15, -0.1) is 0 Å². The highest BCUT2D eigenvalue weighted by molar-refractivity contribution is 6.35. The highest BCUT2D eigenvalue weighted by Crippen LogP contribution is 2.50. The molecule has 6 heterocycles. The van der Waals surface area contributed by atoms with Crippen LogP contribution in [0.15, 0.2) is 170 Å². The fourth-order valence-corrected chi connectivity index (χ4v) is 12.1. The third-order valence-electron chi connectivity index (χ3n) is 15.3. The van der Waals surface area contributed by atoms with Crippen LogP contribution in [0, 0.1) is 0 Å². The Morgan fingerprint density at radius 1 is 0.373 bits per heavy atom. The lowest BCUT2D eigenvalue weighted by Crippen LogP contribution is -2.11. The van der Waals surface area contributed by atoms with Crippen molar-refractivity contribution in [3.63, 3.8) is 0 Å². The van der Waals surface area contributed by atoms with Gasteiger partial charge in [-0.2, -0.15) is 0 Å². The molecular formula is C63H46N4. The summed E-state index contributed by atoms with van der Waals surface area (Å²) in [5.74, 6) is 0. The Bertz CT molecular complexity index is 4620. The highest BCUT2D eigenvalue weighted by Gasteiger charge is 2.29. The second kappa shape index (κ2) is 12.5. The molecule has 15 rings (SSSR count). The largest absolute Gasteiger partial charge is 0.309 e. The topological polar surface area (TPSA) is 26.6 Å². The second-order valence-corrected chi connectivity index (χ2v) is 21.2. The molecule has 67 heavy (non-hydrogen) atoms. The van der Waals surface area contributed by atoms with Crippen molar-refractivity contribution >= 4 is 120 Å². The summed E-state index contributed by atoms with van der Waals surface area (Å²) in [7, 11) is 0. The first-order valence-corrected chi connectivity index (χ1v) is 23.7. The number of pyridine rings is 1. The minimum atomic E-state index is -0.0833. The number of hydrogen-bond donors (Lipinski definition) is 0. The van der Waals surface area contributed by atoms with E-state index in [1.54, 1.807) is 0 Å². The molecule has 4 nitrogen and oxygen atoms in total. The van der Waals surface area contributed by atoms with Crippen molar-refractivity contribution < 1.29 is 0 Å². The summed E-state index contributed by atoms with van der Waals surface area (Å²) in [6.45, 7) is 14.1. The minimum Gasteiger partial charge on any atom is -0.309 e. The second-order valence-electron chi connectivity index (χ2n) is 21.2. The van der Waals surface area contributed by atoms with E-state index in [-0.39, 0.29) is 10.8 Å². The average molecular weight is 859 g/mol. The molecule has 0 radical (unpaired) electrons. The van der Waals surface area contributed by atoms with E-state index in [2.05, 4.69) is 225 Å². The molecule has 0 aliphatic carbocycles. The van der Waals surface area contributed by atoms with Crippen molar-refractivity contribution in [2.24, 2.45) is 0 Å². The van der Waals surface area contributed by atoms with E-state index in [1.165, 1.54) is 131 Å². The Balaban J connectivity index is 1.13. The zero-order valence-corrected chi connectivity index (χ0v) is 38.5. The number of benzene rings is 9. The first-order chi connectivity index (χ1) is 32.5. The van der Waals surface area contributed by atoms with Gasteiger partial charge in [-0.25, -0.2) is 4.98 Å². The van der Waals surface area contributed by atoms with Gasteiger partial charge in [0.2, 0.25) is 0 Å². The summed E-state index contributed by atoms with van der Waals surface area (Å²) >= 11 is 0. The molecule has 0 amide bonds. The van der Waals surface area contributed by atoms with Gasteiger partial charge >= 0.3 is 0 Å². The average Bonchev–Trinajstić information content (AvgIpc) is 4.12. The molecule has 6 aromatic heterocycles. The van der Waals surface area contributed by atoms with Gasteiger partial charge in [-0.1, -0.05) is 139 Å². The molecule has 0 aliphatic heterocycles. The Hall–Kier alpha value is -7.95. The Labute approximate surface area is 386 Å². The van der Waals surface area contributed by atoms with Gasteiger partial charge in [0, 0.05) is 59.7 Å². The molecule has 9 aromatic carbocycles. The molecule has 0 saturated carbocycles. The molecular weight excluding hydrogens is 813 g/mol. The highest BCUT2D eigenvalue weighted by atomic mass is 15.0. The van der Waals surface area contributed by atoms with Crippen LogP contribution in [0.1, 0.15) is 52.7 Å². The van der Waals surface area contributed by atoms with Gasteiger partial charge in [0.05, 0.1) is 44.1 Å². The number of hydrogen-bond acceptors (Lipinski definition) is 1. The quantitative estimate of drug-likeness (QED) is 0.170. The van der Waals surface area contributed by atoms with Gasteiger partial charge in [0.25, 0.3) is 0 Å². The van der Waals surface area contributed by atoms with Crippen molar-refractivity contribution in [3.05, 3.63) is 181 Å². The maximum absolute atomic E-state index is 5.93. The van der Waals surface area contributed by atoms with Crippen LogP contribution in [-0.2, 0) is 10.8 Å². The normalized spacial score (nSPS) is 13.2. The van der Waals surface area contributed by atoms with Gasteiger partial charge in [0.15, 0.2) is 0 Å². The maximum atomic E-state index is 5.93. The van der Waals surface area contributed by atoms with E-state index in [4.69, 9.17) is 4.98 Å². The first kappa shape index (κ1) is 37.3. The van der Waals surface area contributed by atoms with Crippen LogP contribution in [0.3, 0.4) is 0 Å². The molecule has 318 valence electrons.